The largest absolute Gasteiger partial charge is 0.477 e. The number of benzene rings is 1. The van der Waals surface area contributed by atoms with Crippen molar-refractivity contribution in [3.05, 3.63) is 47.2 Å². The van der Waals surface area contributed by atoms with E-state index in [9.17, 15) is 24.6 Å². The summed E-state index contributed by atoms with van der Waals surface area (Å²) in [7, 11) is 1.68. The summed E-state index contributed by atoms with van der Waals surface area (Å²) >= 11 is 2.64. The van der Waals surface area contributed by atoms with Crippen molar-refractivity contribution >= 4 is 41.3 Å². The molecule has 0 radical (unpaired) electrons. The van der Waals surface area contributed by atoms with Crippen molar-refractivity contribution in [2.45, 2.75) is 22.7 Å². The van der Waals surface area contributed by atoms with Crippen LogP contribution in [0.15, 0.2) is 46.8 Å². The Hall–Kier alpha value is -2.94. The molecule has 0 bridgehead atoms. The molecule has 1 aromatic carbocycles. The fourth-order valence-electron chi connectivity index (χ4n) is 3.31. The number of thioether (sulfide) groups is 2. The zero-order valence-corrected chi connectivity index (χ0v) is 18.3. The number of nitrogens with zero attached hydrogens (tertiary/aromatic N) is 5. The molecule has 2 aromatic rings. The monoisotopic (exact) mass is 480 g/mol. The lowest BCUT2D eigenvalue weighted by molar-refractivity contribution is -0.151. The van der Waals surface area contributed by atoms with Crippen LogP contribution in [-0.2, 0) is 21.4 Å². The Bertz CT molecular complexity index is 1060. The van der Waals surface area contributed by atoms with Crippen molar-refractivity contribution in [1.82, 2.24) is 30.4 Å². The molecule has 0 saturated carbocycles. The number of amides is 2. The maximum Gasteiger partial charge on any atom is 0.352 e. The van der Waals surface area contributed by atoms with Gasteiger partial charge in [0.05, 0.1) is 0 Å². The maximum atomic E-state index is 12.7. The molecular formula is C18H20N6O6S2. The third-order valence-electron chi connectivity index (χ3n) is 4.87. The SMILES string of the molecule is Cn1nnnc1SCC1=C(C(=O)O)N2C(=O)C(NC(=O)C(O)c3ccccc3)C2SC1.O. The number of β-lactam (4-membered cyclic amide) rings is 1. The van der Waals surface area contributed by atoms with Crippen LogP contribution in [0.2, 0.25) is 0 Å². The van der Waals surface area contributed by atoms with E-state index < -0.39 is 35.3 Å². The van der Waals surface area contributed by atoms with E-state index in [4.69, 9.17) is 0 Å². The topological polar surface area (TPSA) is 182 Å². The van der Waals surface area contributed by atoms with Gasteiger partial charge in [-0.15, -0.1) is 16.9 Å². The Labute approximate surface area is 190 Å². The number of tetrazole rings is 1. The Morgan fingerprint density at radius 2 is 2.06 bits per heavy atom. The van der Waals surface area contributed by atoms with Gasteiger partial charge in [-0.3, -0.25) is 14.5 Å². The Balaban J connectivity index is 0.00000289. The third kappa shape index (κ3) is 4.34. The molecular weight excluding hydrogens is 460 g/mol. The van der Waals surface area contributed by atoms with Crippen LogP contribution in [0.25, 0.3) is 0 Å². The van der Waals surface area contributed by atoms with Crippen LogP contribution in [0.3, 0.4) is 0 Å². The van der Waals surface area contributed by atoms with Crippen LogP contribution >= 0.6 is 23.5 Å². The number of aliphatic hydroxyl groups is 1. The highest BCUT2D eigenvalue weighted by molar-refractivity contribution is 8.01. The number of carbonyl (C=O) groups is 3. The smallest absolute Gasteiger partial charge is 0.352 e. The summed E-state index contributed by atoms with van der Waals surface area (Å²) in [6.07, 6.45) is -1.42. The van der Waals surface area contributed by atoms with Crippen LogP contribution < -0.4 is 5.32 Å². The van der Waals surface area contributed by atoms with Crippen LogP contribution in [-0.4, -0.2) is 81.5 Å². The molecule has 2 aliphatic heterocycles. The standard InChI is InChI=1S/C18H18N6O5S2.H2O/c1-23-18(20-21-22-23)31-8-10-7-30-16-11(15(27)24(16)12(10)17(28)29)19-14(26)13(25)9-5-3-2-4-6-9;/h2-6,11,13,16,25H,7-8H2,1H3,(H,19,26)(H,28,29);1H2. The van der Waals surface area contributed by atoms with Crippen molar-refractivity contribution in [2.24, 2.45) is 7.05 Å². The molecule has 2 amide bonds. The van der Waals surface area contributed by atoms with E-state index in [0.717, 1.165) is 0 Å². The molecule has 3 unspecified atom stereocenters. The van der Waals surface area contributed by atoms with Crippen LogP contribution in [0.4, 0.5) is 0 Å². The zero-order valence-electron chi connectivity index (χ0n) is 16.7. The van der Waals surface area contributed by atoms with E-state index in [0.29, 0.717) is 27.8 Å². The summed E-state index contributed by atoms with van der Waals surface area (Å²) in [5.74, 6) is -1.75. The van der Waals surface area contributed by atoms with Crippen molar-refractivity contribution < 1.29 is 30.1 Å². The summed E-state index contributed by atoms with van der Waals surface area (Å²) in [6.45, 7) is 0. The lowest BCUT2D eigenvalue weighted by Crippen LogP contribution is -2.70. The van der Waals surface area contributed by atoms with Crippen molar-refractivity contribution in [3.8, 4) is 0 Å². The quantitative estimate of drug-likeness (QED) is 0.326. The fourth-order valence-corrected chi connectivity index (χ4v) is 5.64. The molecule has 12 nitrogen and oxygen atoms in total. The van der Waals surface area contributed by atoms with Gasteiger partial charge in [0.1, 0.15) is 17.1 Å². The maximum absolute atomic E-state index is 12.7. The molecule has 1 fully saturated rings. The fraction of sp³-hybridized carbons (Fsp3) is 0.333. The first kappa shape index (κ1) is 23.7. The van der Waals surface area contributed by atoms with Gasteiger partial charge >= 0.3 is 5.97 Å². The van der Waals surface area contributed by atoms with Gasteiger partial charge in [0.2, 0.25) is 5.16 Å². The van der Waals surface area contributed by atoms with Gasteiger partial charge in [0, 0.05) is 18.6 Å². The molecule has 4 rings (SSSR count). The number of hydrogen-bond acceptors (Lipinski definition) is 9. The summed E-state index contributed by atoms with van der Waals surface area (Å²) in [4.78, 5) is 38.2. The number of hydrogen-bond donors (Lipinski definition) is 3. The number of aryl methyl sites for hydroxylation is 1. The Morgan fingerprint density at radius 3 is 2.69 bits per heavy atom. The molecule has 5 N–H and O–H groups in total. The van der Waals surface area contributed by atoms with Gasteiger partial charge in [-0.25, -0.2) is 9.48 Å². The highest BCUT2D eigenvalue weighted by Gasteiger charge is 2.54. The van der Waals surface area contributed by atoms with Gasteiger partial charge < -0.3 is 21.0 Å². The number of carboxylic acids is 1. The number of aliphatic carboxylic acids is 1. The second kappa shape index (κ2) is 9.68. The first-order chi connectivity index (χ1) is 14.9. The van der Waals surface area contributed by atoms with Crippen molar-refractivity contribution in [3.63, 3.8) is 0 Å². The minimum Gasteiger partial charge on any atom is -0.477 e. The second-order valence-corrected chi connectivity index (χ2v) is 8.89. The van der Waals surface area contributed by atoms with Crippen LogP contribution in [0.5, 0.6) is 0 Å². The van der Waals surface area contributed by atoms with E-state index >= 15 is 0 Å². The van der Waals surface area contributed by atoms with Gasteiger partial charge in [0.15, 0.2) is 6.10 Å². The van der Waals surface area contributed by atoms with Crippen LogP contribution in [0, 0.1) is 0 Å². The van der Waals surface area contributed by atoms with Gasteiger partial charge in [0.25, 0.3) is 11.8 Å². The molecule has 14 heteroatoms. The number of aliphatic hydroxyl groups excluding tert-OH is 1. The summed E-state index contributed by atoms with van der Waals surface area (Å²) in [5, 5.41) is 33.6. The Morgan fingerprint density at radius 1 is 1.34 bits per heavy atom. The Kier molecular flexibility index (Phi) is 7.18. The van der Waals surface area contributed by atoms with E-state index in [1.54, 1.807) is 37.4 Å². The number of carbonyl (C=O) groups excluding carboxylic acids is 2. The lowest BCUT2D eigenvalue weighted by Gasteiger charge is -2.49. The highest BCUT2D eigenvalue weighted by atomic mass is 32.2. The van der Waals surface area contributed by atoms with E-state index in [1.807, 2.05) is 0 Å². The van der Waals surface area contributed by atoms with Gasteiger partial charge in [-0.05, 0) is 21.6 Å². The minimum atomic E-state index is -1.42. The number of fused-ring (bicyclic) bond motifs is 1. The third-order valence-corrected chi connectivity index (χ3v) is 7.30. The summed E-state index contributed by atoms with van der Waals surface area (Å²) in [5.41, 5.74) is 0.901. The number of rotatable bonds is 7. The predicted octanol–water partition coefficient (Wildman–Crippen LogP) is -1.05. The van der Waals surface area contributed by atoms with E-state index in [1.165, 1.54) is 33.1 Å². The minimum absolute atomic E-state index is 0. The molecule has 0 aliphatic carbocycles. The number of aromatic nitrogens is 4. The van der Waals surface area contributed by atoms with E-state index in [2.05, 4.69) is 20.8 Å². The molecule has 170 valence electrons. The lowest BCUT2D eigenvalue weighted by atomic mass is 10.0. The predicted molar refractivity (Wildman–Crippen MR) is 114 cm³/mol. The number of nitrogens with one attached hydrogen (secondary N) is 1. The summed E-state index contributed by atoms with van der Waals surface area (Å²) in [6, 6.07) is 7.46. The second-order valence-electron chi connectivity index (χ2n) is 6.84. The zero-order chi connectivity index (χ0) is 22.1. The molecule has 0 spiro atoms. The van der Waals surface area contributed by atoms with E-state index in [-0.39, 0.29) is 11.2 Å². The van der Waals surface area contributed by atoms with Crippen molar-refractivity contribution in [1.29, 1.82) is 0 Å². The van der Waals surface area contributed by atoms with Gasteiger partial charge in [-0.1, -0.05) is 42.1 Å². The molecule has 1 saturated heterocycles. The van der Waals surface area contributed by atoms with Gasteiger partial charge in [-0.2, -0.15) is 0 Å². The highest BCUT2D eigenvalue weighted by Crippen LogP contribution is 2.41. The molecule has 32 heavy (non-hydrogen) atoms. The normalized spacial score (nSPS) is 20.7. The average Bonchev–Trinajstić information content (AvgIpc) is 3.19. The molecule has 3 heterocycles. The molecule has 3 atom stereocenters. The average molecular weight is 481 g/mol. The number of carboxylic acid groups (broad SMARTS) is 1. The first-order valence-corrected chi connectivity index (χ1v) is 11.2. The van der Waals surface area contributed by atoms with Crippen molar-refractivity contribution in [2.75, 3.05) is 11.5 Å². The van der Waals surface area contributed by atoms with Crippen LogP contribution in [0.1, 0.15) is 11.7 Å². The first-order valence-electron chi connectivity index (χ1n) is 9.17. The molecule has 1 aromatic heterocycles. The molecule has 2 aliphatic rings. The summed E-state index contributed by atoms with van der Waals surface area (Å²) < 4.78 is 1.48.